The zero-order chi connectivity index (χ0) is 17.0. The third-order valence-corrected chi connectivity index (χ3v) is 6.09. The summed E-state index contributed by atoms with van der Waals surface area (Å²) in [5, 5.41) is 12.0. The molecule has 3 rings (SSSR count). The summed E-state index contributed by atoms with van der Waals surface area (Å²) in [6.45, 7) is 0.985. The maximum atomic E-state index is 12.0. The van der Waals surface area contributed by atoms with Gasteiger partial charge in [-0.1, -0.05) is 55.7 Å². The maximum Gasteiger partial charge on any atom is 0.0928 e. The van der Waals surface area contributed by atoms with Crippen LogP contribution in [-0.4, -0.2) is 36.2 Å². The molecule has 0 saturated heterocycles. The second-order valence-electron chi connectivity index (χ2n) is 8.09. The fraction of sp³-hybridized carbons (Fsp3) is 0.636. The standard InChI is InChI=1S/C22H33NO/c1-23(2)17-21-15-9-14-20(16-18-10-5-3-6-11-18)22(21,24)19-12-7-4-8-13-19/h3,5-6,10-11,16,19,21,24H,4,7-9,12-15,17H2,1-2H3. The van der Waals surface area contributed by atoms with E-state index >= 15 is 0 Å². The van der Waals surface area contributed by atoms with E-state index in [-0.39, 0.29) is 0 Å². The van der Waals surface area contributed by atoms with Gasteiger partial charge in [-0.05, 0) is 63.3 Å². The van der Waals surface area contributed by atoms with E-state index in [2.05, 4.69) is 55.4 Å². The molecular weight excluding hydrogens is 294 g/mol. The molecule has 0 heterocycles. The Labute approximate surface area is 147 Å². The van der Waals surface area contributed by atoms with Gasteiger partial charge in [0.1, 0.15) is 0 Å². The third kappa shape index (κ3) is 3.75. The van der Waals surface area contributed by atoms with E-state index < -0.39 is 5.60 Å². The summed E-state index contributed by atoms with van der Waals surface area (Å²) < 4.78 is 0. The molecule has 2 nitrogen and oxygen atoms in total. The van der Waals surface area contributed by atoms with Crippen LogP contribution in [0.15, 0.2) is 35.9 Å². The first-order valence-corrected chi connectivity index (χ1v) is 9.74. The van der Waals surface area contributed by atoms with Crippen LogP contribution >= 0.6 is 0 Å². The van der Waals surface area contributed by atoms with Gasteiger partial charge in [0, 0.05) is 12.5 Å². The first-order chi connectivity index (χ1) is 11.6. The molecule has 132 valence electrons. The Balaban J connectivity index is 1.96. The lowest BCUT2D eigenvalue weighted by Gasteiger charge is -2.49. The quantitative estimate of drug-likeness (QED) is 0.863. The summed E-state index contributed by atoms with van der Waals surface area (Å²) in [4.78, 5) is 2.25. The van der Waals surface area contributed by atoms with Crippen molar-refractivity contribution in [1.82, 2.24) is 4.90 Å². The maximum absolute atomic E-state index is 12.0. The van der Waals surface area contributed by atoms with Gasteiger partial charge in [0.25, 0.3) is 0 Å². The van der Waals surface area contributed by atoms with Gasteiger partial charge < -0.3 is 10.0 Å². The molecule has 2 saturated carbocycles. The highest BCUT2D eigenvalue weighted by molar-refractivity contribution is 5.56. The summed E-state index contributed by atoms with van der Waals surface area (Å²) >= 11 is 0. The minimum absolute atomic E-state index is 0.360. The molecule has 2 fully saturated rings. The van der Waals surface area contributed by atoms with Gasteiger partial charge in [-0.25, -0.2) is 0 Å². The van der Waals surface area contributed by atoms with Crippen molar-refractivity contribution in [2.24, 2.45) is 11.8 Å². The van der Waals surface area contributed by atoms with Gasteiger partial charge in [-0.15, -0.1) is 0 Å². The second kappa shape index (κ2) is 7.84. The summed E-state index contributed by atoms with van der Waals surface area (Å²) in [6, 6.07) is 10.6. The molecule has 0 aliphatic heterocycles. The Hall–Kier alpha value is -1.12. The molecule has 0 amide bonds. The van der Waals surface area contributed by atoms with E-state index in [0.29, 0.717) is 11.8 Å². The topological polar surface area (TPSA) is 23.5 Å². The van der Waals surface area contributed by atoms with Crippen LogP contribution < -0.4 is 0 Å². The second-order valence-corrected chi connectivity index (χ2v) is 8.09. The monoisotopic (exact) mass is 327 g/mol. The summed E-state index contributed by atoms with van der Waals surface area (Å²) in [7, 11) is 4.27. The number of aliphatic hydroxyl groups is 1. The lowest BCUT2D eigenvalue weighted by Crippen LogP contribution is -2.52. The molecule has 2 heteroatoms. The molecule has 2 unspecified atom stereocenters. The summed E-state index contributed by atoms with van der Waals surface area (Å²) in [5.74, 6) is 0.797. The average Bonchev–Trinajstić information content (AvgIpc) is 2.60. The summed E-state index contributed by atoms with van der Waals surface area (Å²) in [6.07, 6.45) is 12.0. The SMILES string of the molecule is CN(C)CC1CCCC(=Cc2ccccc2)C1(O)C1CCCCC1. The van der Waals surface area contributed by atoms with Gasteiger partial charge in [0.2, 0.25) is 0 Å². The average molecular weight is 328 g/mol. The van der Waals surface area contributed by atoms with Gasteiger partial charge in [0.15, 0.2) is 0 Å². The third-order valence-electron chi connectivity index (χ3n) is 6.09. The number of benzene rings is 1. The van der Waals surface area contributed by atoms with E-state index in [9.17, 15) is 5.11 Å². The van der Waals surface area contributed by atoms with Crippen molar-refractivity contribution in [3.8, 4) is 0 Å². The largest absolute Gasteiger partial charge is 0.385 e. The normalized spacial score (nSPS) is 30.8. The van der Waals surface area contributed by atoms with Crippen LogP contribution in [0.5, 0.6) is 0 Å². The van der Waals surface area contributed by atoms with Gasteiger partial charge in [-0.2, -0.15) is 0 Å². The number of rotatable bonds is 4. The summed E-state index contributed by atoms with van der Waals surface area (Å²) in [5.41, 5.74) is 1.91. The highest BCUT2D eigenvalue weighted by Crippen LogP contribution is 2.48. The zero-order valence-electron chi connectivity index (χ0n) is 15.4. The molecule has 1 N–H and O–H groups in total. The smallest absolute Gasteiger partial charge is 0.0928 e. The molecule has 1 aromatic carbocycles. The molecule has 2 aliphatic carbocycles. The predicted molar refractivity (Wildman–Crippen MR) is 102 cm³/mol. The zero-order valence-corrected chi connectivity index (χ0v) is 15.4. The molecular formula is C22H33NO. The molecule has 0 bridgehead atoms. The number of nitrogens with zero attached hydrogens (tertiary/aromatic N) is 1. The minimum atomic E-state index is -0.612. The van der Waals surface area contributed by atoms with Crippen LogP contribution in [0.25, 0.3) is 6.08 Å². The van der Waals surface area contributed by atoms with Gasteiger partial charge >= 0.3 is 0 Å². The molecule has 0 radical (unpaired) electrons. The Morgan fingerprint density at radius 3 is 2.42 bits per heavy atom. The van der Waals surface area contributed by atoms with Crippen molar-refractivity contribution in [3.63, 3.8) is 0 Å². The molecule has 24 heavy (non-hydrogen) atoms. The Morgan fingerprint density at radius 1 is 1.04 bits per heavy atom. The van der Waals surface area contributed by atoms with Crippen LogP contribution in [-0.2, 0) is 0 Å². The highest BCUT2D eigenvalue weighted by atomic mass is 16.3. The van der Waals surface area contributed by atoms with Gasteiger partial charge in [0.05, 0.1) is 5.60 Å². The Morgan fingerprint density at radius 2 is 1.75 bits per heavy atom. The molecule has 1 aromatic rings. The van der Waals surface area contributed by atoms with E-state index in [1.807, 2.05) is 0 Å². The predicted octanol–water partition coefficient (Wildman–Crippen LogP) is 4.74. The van der Waals surface area contributed by atoms with E-state index in [0.717, 1.165) is 19.4 Å². The highest BCUT2D eigenvalue weighted by Gasteiger charge is 2.48. The number of hydrogen-bond acceptors (Lipinski definition) is 2. The van der Waals surface area contributed by atoms with E-state index in [1.165, 1.54) is 49.7 Å². The molecule has 0 spiro atoms. The van der Waals surface area contributed by atoms with Gasteiger partial charge in [-0.3, -0.25) is 0 Å². The Kier molecular flexibility index (Phi) is 5.78. The first kappa shape index (κ1) is 17.7. The van der Waals surface area contributed by atoms with Crippen LogP contribution in [0.4, 0.5) is 0 Å². The number of hydrogen-bond donors (Lipinski definition) is 1. The van der Waals surface area contributed by atoms with Crippen molar-refractivity contribution in [3.05, 3.63) is 41.5 Å². The van der Waals surface area contributed by atoms with Crippen LogP contribution in [0.2, 0.25) is 0 Å². The van der Waals surface area contributed by atoms with Crippen molar-refractivity contribution >= 4 is 6.08 Å². The minimum Gasteiger partial charge on any atom is -0.385 e. The van der Waals surface area contributed by atoms with Crippen molar-refractivity contribution in [2.45, 2.75) is 57.0 Å². The lowest BCUT2D eigenvalue weighted by molar-refractivity contribution is -0.0706. The fourth-order valence-corrected chi connectivity index (χ4v) is 4.97. The van der Waals surface area contributed by atoms with Crippen LogP contribution in [0.3, 0.4) is 0 Å². The Bertz CT molecular complexity index is 544. The van der Waals surface area contributed by atoms with Crippen molar-refractivity contribution in [1.29, 1.82) is 0 Å². The molecule has 2 atom stereocenters. The van der Waals surface area contributed by atoms with E-state index in [4.69, 9.17) is 0 Å². The molecule has 2 aliphatic rings. The molecule has 0 aromatic heterocycles. The van der Waals surface area contributed by atoms with Crippen LogP contribution in [0.1, 0.15) is 56.9 Å². The van der Waals surface area contributed by atoms with Crippen molar-refractivity contribution in [2.75, 3.05) is 20.6 Å². The van der Waals surface area contributed by atoms with Crippen molar-refractivity contribution < 1.29 is 5.11 Å². The first-order valence-electron chi connectivity index (χ1n) is 9.74. The lowest BCUT2D eigenvalue weighted by atomic mass is 9.61. The van der Waals surface area contributed by atoms with E-state index in [1.54, 1.807) is 0 Å². The van der Waals surface area contributed by atoms with Crippen LogP contribution in [0, 0.1) is 11.8 Å². The fourth-order valence-electron chi connectivity index (χ4n) is 4.97.